The maximum absolute atomic E-state index is 13.0. The number of carbonyl (C=O) groups excluding carboxylic acids is 1. The molecule has 9 heteroatoms. The van der Waals surface area contributed by atoms with Gasteiger partial charge >= 0.3 is 0 Å². The van der Waals surface area contributed by atoms with Gasteiger partial charge < -0.3 is 14.8 Å². The van der Waals surface area contributed by atoms with Gasteiger partial charge in [-0.2, -0.15) is 0 Å². The van der Waals surface area contributed by atoms with E-state index < -0.39 is 15.8 Å². The van der Waals surface area contributed by atoms with Crippen LogP contribution >= 0.6 is 0 Å². The highest BCUT2D eigenvalue weighted by atomic mass is 32.2. The highest BCUT2D eigenvalue weighted by Crippen LogP contribution is 2.22. The summed E-state index contributed by atoms with van der Waals surface area (Å²) in [7, 11) is -0.793. The summed E-state index contributed by atoms with van der Waals surface area (Å²) in [6, 6.07) is 15.7. The first kappa shape index (κ1) is 22.1. The fourth-order valence-corrected chi connectivity index (χ4v) is 3.83. The number of carbonyl (C=O) groups is 1. The summed E-state index contributed by atoms with van der Waals surface area (Å²) in [5.41, 5.74) is 1.32. The summed E-state index contributed by atoms with van der Waals surface area (Å²) in [4.78, 5) is 12.4. The number of sulfonamides is 1. The molecule has 7 nitrogen and oxygen atoms in total. The van der Waals surface area contributed by atoms with Gasteiger partial charge in [-0.3, -0.25) is 9.52 Å². The fourth-order valence-electron chi connectivity index (χ4n) is 2.77. The molecule has 31 heavy (non-hydrogen) atoms. The van der Waals surface area contributed by atoms with E-state index >= 15 is 0 Å². The van der Waals surface area contributed by atoms with Crippen LogP contribution in [0.1, 0.15) is 15.9 Å². The molecule has 3 aromatic carbocycles. The summed E-state index contributed by atoms with van der Waals surface area (Å²) in [6.45, 7) is 0.235. The number of nitrogens with one attached hydrogen (secondary N) is 2. The minimum atomic E-state index is -3.87. The van der Waals surface area contributed by atoms with Gasteiger partial charge in [0.05, 0.1) is 19.1 Å². The highest BCUT2D eigenvalue weighted by molar-refractivity contribution is 7.92. The largest absolute Gasteiger partial charge is 0.497 e. The van der Waals surface area contributed by atoms with Crippen molar-refractivity contribution in [1.29, 1.82) is 0 Å². The number of benzene rings is 3. The Bertz CT molecular complexity index is 1140. The van der Waals surface area contributed by atoms with Crippen LogP contribution in [-0.2, 0) is 16.6 Å². The molecule has 0 aliphatic carbocycles. The van der Waals surface area contributed by atoms with Gasteiger partial charge in [0, 0.05) is 23.9 Å². The number of methoxy groups -OCH3 is 2. The van der Waals surface area contributed by atoms with E-state index in [2.05, 4.69) is 10.0 Å². The zero-order valence-corrected chi connectivity index (χ0v) is 17.7. The zero-order valence-electron chi connectivity index (χ0n) is 16.9. The van der Waals surface area contributed by atoms with E-state index in [0.29, 0.717) is 17.1 Å². The number of halogens is 1. The average Bonchev–Trinajstić information content (AvgIpc) is 2.78. The minimum Gasteiger partial charge on any atom is -0.497 e. The Morgan fingerprint density at radius 3 is 2.03 bits per heavy atom. The number of rotatable bonds is 8. The van der Waals surface area contributed by atoms with Crippen molar-refractivity contribution in [3.05, 3.63) is 83.7 Å². The second-order valence-electron chi connectivity index (χ2n) is 6.54. The van der Waals surface area contributed by atoms with Crippen molar-refractivity contribution in [3.8, 4) is 11.5 Å². The van der Waals surface area contributed by atoms with Crippen molar-refractivity contribution in [2.24, 2.45) is 0 Å². The summed E-state index contributed by atoms with van der Waals surface area (Å²) < 4.78 is 50.7. The van der Waals surface area contributed by atoms with Crippen LogP contribution in [0.25, 0.3) is 0 Å². The molecule has 0 saturated heterocycles. The van der Waals surface area contributed by atoms with Crippen LogP contribution in [0.3, 0.4) is 0 Å². The summed E-state index contributed by atoms with van der Waals surface area (Å²) >= 11 is 0. The Morgan fingerprint density at radius 1 is 0.903 bits per heavy atom. The van der Waals surface area contributed by atoms with Crippen molar-refractivity contribution >= 4 is 21.6 Å². The molecular weight excluding hydrogens is 423 g/mol. The van der Waals surface area contributed by atoms with E-state index in [-0.39, 0.29) is 23.0 Å². The predicted molar refractivity (Wildman–Crippen MR) is 114 cm³/mol. The number of hydrogen-bond donors (Lipinski definition) is 2. The molecule has 0 aliphatic heterocycles. The maximum Gasteiger partial charge on any atom is 0.261 e. The lowest BCUT2D eigenvalue weighted by Gasteiger charge is -2.11. The smallest absolute Gasteiger partial charge is 0.261 e. The third-order valence-electron chi connectivity index (χ3n) is 4.39. The first-order chi connectivity index (χ1) is 14.8. The maximum atomic E-state index is 13.0. The van der Waals surface area contributed by atoms with E-state index in [1.807, 2.05) is 0 Å². The van der Waals surface area contributed by atoms with Crippen LogP contribution in [-0.4, -0.2) is 28.5 Å². The predicted octanol–water partition coefficient (Wildman–Crippen LogP) is 3.57. The second kappa shape index (κ2) is 9.48. The molecule has 0 aromatic heterocycles. The number of anilines is 1. The van der Waals surface area contributed by atoms with Crippen molar-refractivity contribution in [2.45, 2.75) is 11.4 Å². The molecule has 0 radical (unpaired) electrons. The first-order valence-corrected chi connectivity index (χ1v) is 10.7. The van der Waals surface area contributed by atoms with Crippen LogP contribution in [0, 0.1) is 5.82 Å². The summed E-state index contributed by atoms with van der Waals surface area (Å²) in [6.07, 6.45) is 0. The van der Waals surface area contributed by atoms with Crippen LogP contribution < -0.4 is 19.5 Å². The molecule has 0 atom stereocenters. The van der Waals surface area contributed by atoms with E-state index in [0.717, 1.165) is 17.7 Å². The lowest BCUT2D eigenvalue weighted by Crippen LogP contribution is -2.23. The molecule has 0 saturated carbocycles. The standard InChI is InChI=1S/C22H21FN2O5S/c1-29-19-11-15(12-20(13-19)30-2)14-24-22(26)16-3-9-21(10-4-16)31(27,28)25-18-7-5-17(23)6-8-18/h3-13,25H,14H2,1-2H3,(H,24,26). The molecular formula is C22H21FN2O5S. The molecule has 3 rings (SSSR count). The van der Waals surface area contributed by atoms with Gasteiger partial charge in [-0.1, -0.05) is 0 Å². The fraction of sp³-hybridized carbons (Fsp3) is 0.136. The van der Waals surface area contributed by atoms with E-state index in [1.54, 1.807) is 18.2 Å². The molecule has 3 aromatic rings. The zero-order chi connectivity index (χ0) is 22.4. The molecule has 2 N–H and O–H groups in total. The first-order valence-electron chi connectivity index (χ1n) is 9.19. The summed E-state index contributed by atoms with van der Waals surface area (Å²) in [5, 5.41) is 2.77. The van der Waals surface area contributed by atoms with Crippen LogP contribution in [0.5, 0.6) is 11.5 Å². The third-order valence-corrected chi connectivity index (χ3v) is 5.78. The van der Waals surface area contributed by atoms with Gasteiger partial charge in [0.25, 0.3) is 15.9 Å². The lowest BCUT2D eigenvalue weighted by molar-refractivity contribution is 0.0950. The number of ether oxygens (including phenoxy) is 2. The Kier molecular flexibility index (Phi) is 6.76. The van der Waals surface area contributed by atoms with Crippen molar-refractivity contribution < 1.29 is 27.1 Å². The Hall–Kier alpha value is -3.59. The average molecular weight is 444 g/mol. The quantitative estimate of drug-likeness (QED) is 0.554. The SMILES string of the molecule is COc1cc(CNC(=O)c2ccc(S(=O)(=O)Nc3ccc(F)cc3)cc2)cc(OC)c1. The van der Waals surface area contributed by atoms with Gasteiger partial charge in [-0.25, -0.2) is 12.8 Å². The molecule has 0 heterocycles. The molecule has 0 fully saturated rings. The normalized spacial score (nSPS) is 10.9. The molecule has 0 bridgehead atoms. The van der Waals surface area contributed by atoms with Crippen molar-refractivity contribution in [1.82, 2.24) is 5.32 Å². The van der Waals surface area contributed by atoms with E-state index in [4.69, 9.17) is 9.47 Å². The molecule has 0 spiro atoms. The third kappa shape index (κ3) is 5.73. The number of amides is 1. The monoisotopic (exact) mass is 444 g/mol. The van der Waals surface area contributed by atoms with E-state index in [9.17, 15) is 17.6 Å². The Labute approximate surface area is 179 Å². The van der Waals surface area contributed by atoms with Crippen molar-refractivity contribution in [2.75, 3.05) is 18.9 Å². The van der Waals surface area contributed by atoms with E-state index in [1.165, 1.54) is 50.6 Å². The molecule has 162 valence electrons. The van der Waals surface area contributed by atoms with Gasteiger partial charge in [-0.05, 0) is 66.2 Å². The second-order valence-corrected chi connectivity index (χ2v) is 8.22. The lowest BCUT2D eigenvalue weighted by atomic mass is 10.1. The molecule has 1 amide bonds. The summed E-state index contributed by atoms with van der Waals surface area (Å²) in [5.74, 6) is 0.376. The topological polar surface area (TPSA) is 93.7 Å². The van der Waals surface area contributed by atoms with Crippen molar-refractivity contribution in [3.63, 3.8) is 0 Å². The van der Waals surface area contributed by atoms with Gasteiger partial charge in [-0.15, -0.1) is 0 Å². The Morgan fingerprint density at radius 2 is 1.48 bits per heavy atom. The van der Waals surface area contributed by atoms with Gasteiger partial charge in [0.15, 0.2) is 0 Å². The minimum absolute atomic E-state index is 0.0223. The number of hydrogen-bond acceptors (Lipinski definition) is 5. The Balaban J connectivity index is 1.66. The van der Waals surface area contributed by atoms with Crippen LogP contribution in [0.15, 0.2) is 71.6 Å². The molecule has 0 unspecified atom stereocenters. The van der Waals surface area contributed by atoms with Crippen LogP contribution in [0.2, 0.25) is 0 Å². The van der Waals surface area contributed by atoms with Crippen LogP contribution in [0.4, 0.5) is 10.1 Å². The van der Waals surface area contributed by atoms with Gasteiger partial charge in [0.1, 0.15) is 17.3 Å². The highest BCUT2D eigenvalue weighted by Gasteiger charge is 2.15. The van der Waals surface area contributed by atoms with Gasteiger partial charge in [0.2, 0.25) is 0 Å². The molecule has 0 aliphatic rings.